The van der Waals surface area contributed by atoms with Gasteiger partial charge < -0.3 is 15.4 Å². The highest BCUT2D eigenvalue weighted by Gasteiger charge is 2.11. The lowest BCUT2D eigenvalue weighted by Crippen LogP contribution is -2.21. The molecule has 0 aliphatic rings. The molecule has 0 aliphatic carbocycles. The number of halogens is 1. The Morgan fingerprint density at radius 2 is 1.86 bits per heavy atom. The van der Waals surface area contributed by atoms with Crippen molar-refractivity contribution in [3.63, 3.8) is 0 Å². The molecule has 6 nitrogen and oxygen atoms in total. The van der Waals surface area contributed by atoms with Crippen LogP contribution < -0.4 is 15.4 Å². The summed E-state index contributed by atoms with van der Waals surface area (Å²) in [6.45, 7) is 4.48. The maximum atomic E-state index is 5.71. The van der Waals surface area contributed by atoms with Gasteiger partial charge in [-0.1, -0.05) is 28.1 Å². The fourth-order valence-corrected chi connectivity index (χ4v) is 1.99. The normalized spacial score (nSPS) is 10.7. The van der Waals surface area contributed by atoms with Gasteiger partial charge in [-0.2, -0.15) is 15.0 Å². The van der Waals surface area contributed by atoms with Gasteiger partial charge in [-0.3, -0.25) is 0 Å². The first-order chi connectivity index (χ1) is 9.94. The zero-order valence-corrected chi connectivity index (χ0v) is 13.8. The Balaban J connectivity index is 2.16. The van der Waals surface area contributed by atoms with E-state index in [-0.39, 0.29) is 18.1 Å². The summed E-state index contributed by atoms with van der Waals surface area (Å²) in [6, 6.07) is 8.32. The average Bonchev–Trinajstić information content (AvgIpc) is 2.40. The van der Waals surface area contributed by atoms with Crippen LogP contribution in [-0.4, -0.2) is 28.1 Å². The molecule has 7 heteroatoms. The highest BCUT2D eigenvalue weighted by atomic mass is 79.9. The van der Waals surface area contributed by atoms with Crippen LogP contribution in [0.5, 0.6) is 6.01 Å². The van der Waals surface area contributed by atoms with Crippen molar-refractivity contribution < 1.29 is 4.74 Å². The lowest BCUT2D eigenvalue weighted by molar-refractivity contribution is 0.222. The molecule has 0 atom stereocenters. The van der Waals surface area contributed by atoms with Crippen molar-refractivity contribution in [2.45, 2.75) is 26.5 Å². The summed E-state index contributed by atoms with van der Waals surface area (Å²) in [5, 5.41) is 0. The van der Waals surface area contributed by atoms with E-state index in [4.69, 9.17) is 10.5 Å². The third kappa shape index (κ3) is 4.56. The van der Waals surface area contributed by atoms with E-state index in [2.05, 4.69) is 30.9 Å². The molecule has 112 valence electrons. The number of ether oxygens (including phenoxy) is 1. The molecular formula is C14H18BrN5O. The number of nitrogens with zero attached hydrogens (tertiary/aromatic N) is 4. The third-order valence-electron chi connectivity index (χ3n) is 2.64. The van der Waals surface area contributed by atoms with Gasteiger partial charge in [0.15, 0.2) is 0 Å². The van der Waals surface area contributed by atoms with Crippen LogP contribution in [-0.2, 0) is 6.54 Å². The molecular weight excluding hydrogens is 334 g/mol. The molecule has 0 bridgehead atoms. The molecule has 0 fully saturated rings. The van der Waals surface area contributed by atoms with Crippen LogP contribution in [0, 0.1) is 0 Å². The van der Waals surface area contributed by atoms with Crippen LogP contribution in [0.25, 0.3) is 0 Å². The smallest absolute Gasteiger partial charge is 0.323 e. The highest BCUT2D eigenvalue weighted by molar-refractivity contribution is 9.10. The van der Waals surface area contributed by atoms with Gasteiger partial charge in [0.1, 0.15) is 0 Å². The van der Waals surface area contributed by atoms with Crippen molar-refractivity contribution in [3.8, 4) is 6.01 Å². The molecule has 1 aromatic heterocycles. The van der Waals surface area contributed by atoms with Gasteiger partial charge in [-0.05, 0) is 31.5 Å². The van der Waals surface area contributed by atoms with Crippen molar-refractivity contribution in [3.05, 3.63) is 34.3 Å². The summed E-state index contributed by atoms with van der Waals surface area (Å²) in [7, 11) is 1.90. The summed E-state index contributed by atoms with van der Waals surface area (Å²) in [5.74, 6) is 0.638. The molecule has 0 spiro atoms. The Labute approximate surface area is 132 Å². The van der Waals surface area contributed by atoms with Gasteiger partial charge >= 0.3 is 6.01 Å². The number of nitrogens with two attached hydrogens (primary N) is 1. The fraction of sp³-hybridized carbons (Fsp3) is 0.357. The van der Waals surface area contributed by atoms with Crippen LogP contribution in [0.2, 0.25) is 0 Å². The summed E-state index contributed by atoms with van der Waals surface area (Å²) in [5.41, 5.74) is 6.86. The zero-order valence-electron chi connectivity index (χ0n) is 12.2. The van der Waals surface area contributed by atoms with Crippen molar-refractivity contribution in [1.29, 1.82) is 0 Å². The van der Waals surface area contributed by atoms with E-state index in [0.29, 0.717) is 12.5 Å². The molecule has 1 heterocycles. The molecule has 2 N–H and O–H groups in total. The molecule has 0 aliphatic heterocycles. The molecule has 1 aromatic carbocycles. The van der Waals surface area contributed by atoms with Crippen molar-refractivity contribution in [1.82, 2.24) is 15.0 Å². The molecule has 0 radical (unpaired) electrons. The van der Waals surface area contributed by atoms with Crippen LogP contribution >= 0.6 is 15.9 Å². The minimum absolute atomic E-state index is 0.0172. The van der Waals surface area contributed by atoms with E-state index >= 15 is 0 Å². The number of rotatable bonds is 5. The SMILES string of the molecule is CC(C)Oc1nc(N)nc(N(C)Cc2ccc(Br)cc2)n1. The van der Waals surface area contributed by atoms with E-state index in [1.807, 2.05) is 50.1 Å². The van der Waals surface area contributed by atoms with E-state index in [1.54, 1.807) is 0 Å². The fourth-order valence-electron chi connectivity index (χ4n) is 1.73. The maximum absolute atomic E-state index is 5.71. The maximum Gasteiger partial charge on any atom is 0.323 e. The van der Waals surface area contributed by atoms with Crippen molar-refractivity contribution in [2.24, 2.45) is 0 Å². The summed E-state index contributed by atoms with van der Waals surface area (Å²) in [6.07, 6.45) is -0.0172. The second-order valence-corrected chi connectivity index (χ2v) is 5.84. The minimum atomic E-state index is -0.0172. The van der Waals surface area contributed by atoms with Crippen molar-refractivity contribution in [2.75, 3.05) is 17.7 Å². The predicted octanol–water partition coefficient (Wildman–Crippen LogP) is 2.64. The number of hydrogen-bond acceptors (Lipinski definition) is 6. The van der Waals surface area contributed by atoms with Crippen LogP contribution in [0.3, 0.4) is 0 Å². The first-order valence-corrected chi connectivity index (χ1v) is 7.37. The molecule has 2 aromatic rings. The Hall–Kier alpha value is -1.89. The van der Waals surface area contributed by atoms with Gasteiger partial charge in [0, 0.05) is 18.1 Å². The quantitative estimate of drug-likeness (QED) is 0.892. The van der Waals surface area contributed by atoms with Gasteiger partial charge in [-0.25, -0.2) is 0 Å². The monoisotopic (exact) mass is 351 g/mol. The highest BCUT2D eigenvalue weighted by Crippen LogP contribution is 2.17. The minimum Gasteiger partial charge on any atom is -0.461 e. The Kier molecular flexibility index (Phi) is 4.95. The number of anilines is 2. The Morgan fingerprint density at radius 1 is 1.19 bits per heavy atom. The van der Waals surface area contributed by atoms with E-state index < -0.39 is 0 Å². The van der Waals surface area contributed by atoms with Gasteiger partial charge in [-0.15, -0.1) is 0 Å². The van der Waals surface area contributed by atoms with E-state index in [1.165, 1.54) is 0 Å². The van der Waals surface area contributed by atoms with Gasteiger partial charge in [0.25, 0.3) is 0 Å². The van der Waals surface area contributed by atoms with Crippen LogP contribution in [0.4, 0.5) is 11.9 Å². The van der Waals surface area contributed by atoms with Crippen LogP contribution in [0.1, 0.15) is 19.4 Å². The molecule has 21 heavy (non-hydrogen) atoms. The zero-order chi connectivity index (χ0) is 15.4. The summed E-state index contributed by atoms with van der Waals surface area (Å²) in [4.78, 5) is 14.3. The largest absolute Gasteiger partial charge is 0.461 e. The summed E-state index contributed by atoms with van der Waals surface area (Å²) >= 11 is 3.42. The number of nitrogen functional groups attached to an aromatic ring is 1. The van der Waals surface area contributed by atoms with Crippen LogP contribution in [0.15, 0.2) is 28.7 Å². The third-order valence-corrected chi connectivity index (χ3v) is 3.16. The number of benzene rings is 1. The molecule has 0 saturated carbocycles. The number of aromatic nitrogens is 3. The molecule has 0 saturated heterocycles. The molecule has 2 rings (SSSR count). The lowest BCUT2D eigenvalue weighted by Gasteiger charge is -2.18. The van der Waals surface area contributed by atoms with Gasteiger partial charge in [0.05, 0.1) is 6.10 Å². The average molecular weight is 352 g/mol. The Bertz CT molecular complexity index is 603. The second-order valence-electron chi connectivity index (χ2n) is 4.93. The summed E-state index contributed by atoms with van der Waals surface area (Å²) < 4.78 is 6.52. The lowest BCUT2D eigenvalue weighted by atomic mass is 10.2. The first-order valence-electron chi connectivity index (χ1n) is 6.58. The predicted molar refractivity (Wildman–Crippen MR) is 86.3 cm³/mol. The Morgan fingerprint density at radius 3 is 2.48 bits per heavy atom. The molecule has 0 amide bonds. The van der Waals surface area contributed by atoms with E-state index in [0.717, 1.165) is 10.0 Å². The second kappa shape index (κ2) is 6.71. The number of hydrogen-bond donors (Lipinski definition) is 1. The topological polar surface area (TPSA) is 77.2 Å². The van der Waals surface area contributed by atoms with Gasteiger partial charge in [0.2, 0.25) is 11.9 Å². The van der Waals surface area contributed by atoms with E-state index in [9.17, 15) is 0 Å². The first kappa shape index (κ1) is 15.5. The standard InChI is InChI=1S/C14H18BrN5O/c1-9(2)21-14-18-12(16)17-13(19-14)20(3)8-10-4-6-11(15)7-5-10/h4-7,9H,8H2,1-3H3,(H2,16,17,18,19). The van der Waals surface area contributed by atoms with Crippen molar-refractivity contribution >= 4 is 27.8 Å². The molecule has 0 unspecified atom stereocenters.